The summed E-state index contributed by atoms with van der Waals surface area (Å²) in [4.78, 5) is 12.0. The lowest BCUT2D eigenvalue weighted by molar-refractivity contribution is -0.121. The molecule has 1 aromatic heterocycles. The van der Waals surface area contributed by atoms with Gasteiger partial charge in [0.1, 0.15) is 10.6 Å². The second-order valence-electron chi connectivity index (χ2n) is 5.18. The molecular formula is C15H19N3O4S. The third-order valence-corrected chi connectivity index (χ3v) is 5.38. The predicted octanol–water partition coefficient (Wildman–Crippen LogP) is 1.23. The molecule has 124 valence electrons. The monoisotopic (exact) mass is 337 g/mol. The average molecular weight is 337 g/mol. The van der Waals surface area contributed by atoms with Crippen molar-refractivity contribution in [1.29, 1.82) is 0 Å². The molecule has 8 heteroatoms. The van der Waals surface area contributed by atoms with Gasteiger partial charge in [-0.25, -0.2) is 8.42 Å². The lowest BCUT2D eigenvalue weighted by Gasteiger charge is -2.16. The average Bonchev–Trinajstić information content (AvgIpc) is 2.85. The number of carbonyl (C=O) groups excluding carboxylic acids is 1. The number of nitrogens with zero attached hydrogens (tertiary/aromatic N) is 2. The van der Waals surface area contributed by atoms with Gasteiger partial charge in [0.2, 0.25) is 15.9 Å². The van der Waals surface area contributed by atoms with Crippen molar-refractivity contribution in [1.82, 2.24) is 14.8 Å². The fourth-order valence-corrected chi connectivity index (χ4v) is 3.55. The molecule has 2 aromatic rings. The van der Waals surface area contributed by atoms with Crippen LogP contribution in [0.3, 0.4) is 0 Å². The molecule has 2 rings (SSSR count). The molecule has 0 radical (unpaired) electrons. The molecule has 0 saturated heterocycles. The number of hydrogen-bond acceptors (Lipinski definition) is 5. The Labute approximate surface area is 135 Å². The van der Waals surface area contributed by atoms with E-state index in [0.717, 1.165) is 9.87 Å². The third kappa shape index (κ3) is 3.96. The summed E-state index contributed by atoms with van der Waals surface area (Å²) in [7, 11) is -2.47. The number of aromatic nitrogens is 1. The second-order valence-corrected chi connectivity index (χ2v) is 7.16. The van der Waals surface area contributed by atoms with Crippen LogP contribution in [0.25, 0.3) is 0 Å². The summed E-state index contributed by atoms with van der Waals surface area (Å²) in [5.41, 5.74) is 1.22. The molecule has 1 amide bonds. The van der Waals surface area contributed by atoms with Crippen LogP contribution < -0.4 is 5.32 Å². The van der Waals surface area contributed by atoms with Gasteiger partial charge in [0.15, 0.2) is 5.76 Å². The molecule has 1 heterocycles. The Hall–Kier alpha value is -2.19. The highest BCUT2D eigenvalue weighted by Crippen LogP contribution is 2.22. The maximum Gasteiger partial charge on any atom is 0.248 e. The summed E-state index contributed by atoms with van der Waals surface area (Å²) in [6.45, 7) is 3.14. The molecule has 0 aliphatic heterocycles. The topological polar surface area (TPSA) is 92.5 Å². The maximum absolute atomic E-state index is 12.5. The number of benzene rings is 1. The summed E-state index contributed by atoms with van der Waals surface area (Å²) >= 11 is 0. The number of likely N-dealkylation sites (N-methyl/N-ethyl adjacent to an activating group) is 1. The summed E-state index contributed by atoms with van der Waals surface area (Å²) in [6, 6.07) is 9.38. The van der Waals surface area contributed by atoms with Crippen LogP contribution in [-0.4, -0.2) is 37.4 Å². The Bertz CT molecular complexity index is 765. The quantitative estimate of drug-likeness (QED) is 0.856. The molecule has 0 atom stereocenters. The smallest absolute Gasteiger partial charge is 0.248 e. The summed E-state index contributed by atoms with van der Waals surface area (Å²) in [6.07, 6.45) is 0. The number of carbonyl (C=O) groups is 1. The van der Waals surface area contributed by atoms with E-state index in [1.54, 1.807) is 6.92 Å². The Morgan fingerprint density at radius 1 is 1.26 bits per heavy atom. The van der Waals surface area contributed by atoms with Crippen molar-refractivity contribution in [2.45, 2.75) is 25.3 Å². The van der Waals surface area contributed by atoms with Crippen LogP contribution in [0, 0.1) is 13.8 Å². The lowest BCUT2D eigenvalue weighted by atomic mass is 10.2. The summed E-state index contributed by atoms with van der Waals surface area (Å²) in [5, 5.41) is 6.33. The van der Waals surface area contributed by atoms with Crippen LogP contribution in [0.1, 0.15) is 17.0 Å². The Kier molecular flexibility index (Phi) is 5.17. The van der Waals surface area contributed by atoms with E-state index >= 15 is 0 Å². The second kappa shape index (κ2) is 6.93. The van der Waals surface area contributed by atoms with E-state index in [2.05, 4.69) is 10.5 Å². The van der Waals surface area contributed by atoms with Crippen molar-refractivity contribution in [3.8, 4) is 0 Å². The first kappa shape index (κ1) is 17.2. The van der Waals surface area contributed by atoms with Crippen molar-refractivity contribution < 1.29 is 17.7 Å². The zero-order valence-corrected chi connectivity index (χ0v) is 14.1. The predicted molar refractivity (Wildman–Crippen MR) is 84.1 cm³/mol. The number of nitrogens with one attached hydrogen (secondary N) is 1. The van der Waals surface area contributed by atoms with Crippen molar-refractivity contribution in [3.05, 3.63) is 47.3 Å². The van der Waals surface area contributed by atoms with Gasteiger partial charge in [-0.05, 0) is 19.4 Å². The van der Waals surface area contributed by atoms with Crippen molar-refractivity contribution in [3.63, 3.8) is 0 Å². The van der Waals surface area contributed by atoms with Crippen LogP contribution in [0.15, 0.2) is 39.8 Å². The molecule has 0 aliphatic carbocycles. The Morgan fingerprint density at radius 3 is 2.48 bits per heavy atom. The van der Waals surface area contributed by atoms with Crippen LogP contribution in [0.5, 0.6) is 0 Å². The van der Waals surface area contributed by atoms with E-state index in [-0.39, 0.29) is 28.8 Å². The Balaban J connectivity index is 2.01. The number of amides is 1. The molecule has 1 aromatic carbocycles. The lowest BCUT2D eigenvalue weighted by Crippen LogP contribution is -2.38. The number of rotatable bonds is 6. The maximum atomic E-state index is 12.5. The molecular weight excluding hydrogens is 318 g/mol. The van der Waals surface area contributed by atoms with Gasteiger partial charge in [-0.1, -0.05) is 35.5 Å². The first-order chi connectivity index (χ1) is 10.8. The molecule has 0 saturated carbocycles. The van der Waals surface area contributed by atoms with Crippen LogP contribution in [-0.2, 0) is 21.4 Å². The van der Waals surface area contributed by atoms with Gasteiger partial charge in [0.25, 0.3) is 0 Å². The standard InChI is InChI=1S/C15H19N3O4S/c1-11-15(12(2)22-17-11)23(20,21)18(3)10-14(19)16-9-13-7-5-4-6-8-13/h4-8H,9-10H2,1-3H3,(H,16,19). The molecule has 1 N–H and O–H groups in total. The number of hydrogen-bond donors (Lipinski definition) is 1. The molecule has 7 nitrogen and oxygen atoms in total. The van der Waals surface area contributed by atoms with Crippen molar-refractivity contribution in [2.24, 2.45) is 0 Å². The highest BCUT2D eigenvalue weighted by molar-refractivity contribution is 7.89. The molecule has 0 bridgehead atoms. The molecule has 0 unspecified atom stereocenters. The highest BCUT2D eigenvalue weighted by Gasteiger charge is 2.29. The van der Waals surface area contributed by atoms with E-state index in [1.165, 1.54) is 14.0 Å². The van der Waals surface area contributed by atoms with E-state index < -0.39 is 10.0 Å². The fourth-order valence-electron chi connectivity index (χ4n) is 2.14. The van der Waals surface area contributed by atoms with Crippen LogP contribution in [0.4, 0.5) is 0 Å². The molecule has 0 fully saturated rings. The molecule has 0 spiro atoms. The minimum Gasteiger partial charge on any atom is -0.360 e. The summed E-state index contributed by atoms with van der Waals surface area (Å²) < 4.78 is 30.9. The van der Waals surface area contributed by atoms with Crippen LogP contribution in [0.2, 0.25) is 0 Å². The molecule has 23 heavy (non-hydrogen) atoms. The normalized spacial score (nSPS) is 11.7. The third-order valence-electron chi connectivity index (χ3n) is 3.33. The number of sulfonamides is 1. The van der Waals surface area contributed by atoms with Crippen LogP contribution >= 0.6 is 0 Å². The number of aryl methyl sites for hydroxylation is 2. The zero-order valence-electron chi connectivity index (χ0n) is 13.2. The van der Waals surface area contributed by atoms with Gasteiger partial charge in [-0.2, -0.15) is 4.31 Å². The Morgan fingerprint density at radius 2 is 1.91 bits per heavy atom. The fraction of sp³-hybridized carbons (Fsp3) is 0.333. The van der Waals surface area contributed by atoms with Gasteiger partial charge < -0.3 is 9.84 Å². The van der Waals surface area contributed by atoms with E-state index in [4.69, 9.17) is 4.52 Å². The minimum absolute atomic E-state index is 0.0101. The van der Waals surface area contributed by atoms with E-state index in [9.17, 15) is 13.2 Å². The summed E-state index contributed by atoms with van der Waals surface area (Å²) in [5.74, 6) is -0.175. The van der Waals surface area contributed by atoms with Gasteiger partial charge in [-0.15, -0.1) is 0 Å². The first-order valence-corrected chi connectivity index (χ1v) is 8.46. The van der Waals surface area contributed by atoms with Gasteiger partial charge in [0.05, 0.1) is 6.54 Å². The highest BCUT2D eigenvalue weighted by atomic mass is 32.2. The van der Waals surface area contributed by atoms with E-state index in [1.807, 2.05) is 30.3 Å². The first-order valence-electron chi connectivity index (χ1n) is 7.02. The molecule has 0 aliphatic rings. The van der Waals surface area contributed by atoms with Crippen molar-refractivity contribution >= 4 is 15.9 Å². The minimum atomic E-state index is -3.82. The van der Waals surface area contributed by atoms with Gasteiger partial charge in [-0.3, -0.25) is 4.79 Å². The van der Waals surface area contributed by atoms with Gasteiger partial charge >= 0.3 is 0 Å². The van der Waals surface area contributed by atoms with E-state index in [0.29, 0.717) is 6.54 Å². The SMILES string of the molecule is Cc1noc(C)c1S(=O)(=O)N(C)CC(=O)NCc1ccccc1. The van der Waals surface area contributed by atoms with Gasteiger partial charge in [0, 0.05) is 13.6 Å². The largest absolute Gasteiger partial charge is 0.360 e. The van der Waals surface area contributed by atoms with Crippen molar-refractivity contribution in [2.75, 3.05) is 13.6 Å². The zero-order chi connectivity index (χ0) is 17.0.